The SMILES string of the molecule is C[C@@H]1C[C@H]2COc3c(I)ccnc3N2C1. The van der Waals surface area contributed by atoms with E-state index in [0.29, 0.717) is 6.04 Å². The molecule has 2 aliphatic heterocycles. The minimum absolute atomic E-state index is 0.540. The number of fused-ring (bicyclic) bond motifs is 3. The summed E-state index contributed by atoms with van der Waals surface area (Å²) in [5.74, 6) is 2.77. The number of anilines is 1. The highest BCUT2D eigenvalue weighted by atomic mass is 127. The lowest BCUT2D eigenvalue weighted by atomic mass is 10.1. The van der Waals surface area contributed by atoms with Gasteiger partial charge in [-0.3, -0.25) is 0 Å². The molecule has 2 atom stereocenters. The molecule has 4 heteroatoms. The molecule has 1 aromatic rings. The number of pyridine rings is 1. The Bertz CT molecular complexity index is 396. The third kappa shape index (κ3) is 1.49. The van der Waals surface area contributed by atoms with Crippen LogP contribution < -0.4 is 9.64 Å². The van der Waals surface area contributed by atoms with Gasteiger partial charge in [0.05, 0.1) is 9.61 Å². The molecular formula is C11H13IN2O. The summed E-state index contributed by atoms with van der Waals surface area (Å²) in [6, 6.07) is 2.54. The van der Waals surface area contributed by atoms with E-state index in [9.17, 15) is 0 Å². The van der Waals surface area contributed by atoms with Crippen molar-refractivity contribution in [1.29, 1.82) is 0 Å². The van der Waals surface area contributed by atoms with Crippen molar-refractivity contribution in [2.24, 2.45) is 5.92 Å². The fraction of sp³-hybridized carbons (Fsp3) is 0.545. The molecule has 80 valence electrons. The van der Waals surface area contributed by atoms with Gasteiger partial charge in [0.2, 0.25) is 0 Å². The molecule has 1 saturated heterocycles. The first-order valence-corrected chi connectivity index (χ1v) is 6.37. The van der Waals surface area contributed by atoms with Crippen LogP contribution in [0.4, 0.5) is 5.82 Å². The van der Waals surface area contributed by atoms with E-state index in [1.807, 2.05) is 12.3 Å². The number of aromatic nitrogens is 1. The zero-order chi connectivity index (χ0) is 10.4. The number of hydrogen-bond donors (Lipinski definition) is 0. The Hall–Kier alpha value is -0.520. The second-order valence-electron chi connectivity index (χ2n) is 4.40. The van der Waals surface area contributed by atoms with Gasteiger partial charge in [0.1, 0.15) is 6.61 Å². The van der Waals surface area contributed by atoms with E-state index in [4.69, 9.17) is 4.74 Å². The number of hydrogen-bond acceptors (Lipinski definition) is 3. The average Bonchev–Trinajstić information content (AvgIpc) is 2.59. The fourth-order valence-electron chi connectivity index (χ4n) is 2.50. The molecule has 1 aromatic heterocycles. The number of nitrogens with zero attached hydrogens (tertiary/aromatic N) is 2. The highest BCUT2D eigenvalue weighted by Crippen LogP contribution is 2.40. The first kappa shape index (κ1) is 9.69. The predicted molar refractivity (Wildman–Crippen MR) is 67.4 cm³/mol. The molecule has 0 radical (unpaired) electrons. The number of rotatable bonds is 0. The molecule has 0 saturated carbocycles. The fourth-order valence-corrected chi connectivity index (χ4v) is 3.06. The Morgan fingerprint density at radius 2 is 2.47 bits per heavy atom. The molecule has 2 aliphatic rings. The van der Waals surface area contributed by atoms with E-state index < -0.39 is 0 Å². The molecule has 15 heavy (non-hydrogen) atoms. The average molecular weight is 316 g/mol. The smallest absolute Gasteiger partial charge is 0.175 e. The van der Waals surface area contributed by atoms with Gasteiger partial charge in [-0.15, -0.1) is 0 Å². The summed E-state index contributed by atoms with van der Waals surface area (Å²) < 4.78 is 6.97. The zero-order valence-corrected chi connectivity index (χ0v) is 10.8. The number of halogens is 1. The molecule has 0 bridgehead atoms. The summed E-state index contributed by atoms with van der Waals surface area (Å²) in [7, 11) is 0. The highest BCUT2D eigenvalue weighted by molar-refractivity contribution is 14.1. The van der Waals surface area contributed by atoms with Gasteiger partial charge in [0.25, 0.3) is 0 Å². The van der Waals surface area contributed by atoms with Gasteiger partial charge >= 0.3 is 0 Å². The van der Waals surface area contributed by atoms with E-state index >= 15 is 0 Å². The van der Waals surface area contributed by atoms with Crippen molar-refractivity contribution >= 4 is 28.4 Å². The van der Waals surface area contributed by atoms with Crippen molar-refractivity contribution < 1.29 is 4.74 Å². The van der Waals surface area contributed by atoms with Crippen molar-refractivity contribution in [2.75, 3.05) is 18.1 Å². The van der Waals surface area contributed by atoms with Gasteiger partial charge in [0, 0.05) is 12.7 Å². The normalized spacial score (nSPS) is 28.3. The van der Waals surface area contributed by atoms with Gasteiger partial charge in [-0.05, 0) is 41.0 Å². The first-order valence-electron chi connectivity index (χ1n) is 5.29. The highest BCUT2D eigenvalue weighted by Gasteiger charge is 2.36. The third-order valence-corrected chi connectivity index (χ3v) is 4.00. The molecule has 3 rings (SSSR count). The molecule has 0 N–H and O–H groups in total. The second-order valence-corrected chi connectivity index (χ2v) is 5.57. The molecular weight excluding hydrogens is 303 g/mol. The monoisotopic (exact) mass is 316 g/mol. The summed E-state index contributed by atoms with van der Waals surface area (Å²) in [4.78, 5) is 6.86. The summed E-state index contributed by atoms with van der Waals surface area (Å²) in [6.07, 6.45) is 3.10. The van der Waals surface area contributed by atoms with Gasteiger partial charge in [0.15, 0.2) is 11.6 Å². The third-order valence-electron chi connectivity index (χ3n) is 3.15. The Kier molecular flexibility index (Phi) is 2.26. The summed E-state index contributed by atoms with van der Waals surface area (Å²) in [5.41, 5.74) is 0. The largest absolute Gasteiger partial charge is 0.486 e. The molecule has 0 aliphatic carbocycles. The Labute approximate surface area is 103 Å². The standard InChI is InChI=1S/C11H13IN2O/c1-7-4-8-6-15-10-9(12)2-3-13-11(10)14(8)5-7/h2-3,7-8H,4-6H2,1H3/t7-,8+/m1/s1. The summed E-state index contributed by atoms with van der Waals surface area (Å²) >= 11 is 2.31. The Morgan fingerprint density at radius 1 is 1.60 bits per heavy atom. The molecule has 0 spiro atoms. The molecule has 1 fully saturated rings. The van der Waals surface area contributed by atoms with Crippen LogP contribution in [0.5, 0.6) is 5.75 Å². The van der Waals surface area contributed by atoms with Crippen LogP contribution in [0.3, 0.4) is 0 Å². The van der Waals surface area contributed by atoms with Gasteiger partial charge in [-0.2, -0.15) is 0 Å². The quantitative estimate of drug-likeness (QED) is 0.687. The van der Waals surface area contributed by atoms with Gasteiger partial charge < -0.3 is 9.64 Å². The van der Waals surface area contributed by atoms with Crippen molar-refractivity contribution in [3.63, 3.8) is 0 Å². The molecule has 0 amide bonds. The van der Waals surface area contributed by atoms with E-state index in [-0.39, 0.29) is 0 Å². The lowest BCUT2D eigenvalue weighted by molar-refractivity contribution is 0.266. The van der Waals surface area contributed by atoms with Crippen LogP contribution >= 0.6 is 22.6 Å². The van der Waals surface area contributed by atoms with Crippen molar-refractivity contribution in [3.05, 3.63) is 15.8 Å². The molecule has 3 nitrogen and oxygen atoms in total. The van der Waals surface area contributed by atoms with Crippen LogP contribution in [0.15, 0.2) is 12.3 Å². The van der Waals surface area contributed by atoms with E-state index in [2.05, 4.69) is 39.4 Å². The lowest BCUT2D eigenvalue weighted by Gasteiger charge is -2.32. The molecule has 3 heterocycles. The van der Waals surface area contributed by atoms with Crippen LogP contribution in [0.25, 0.3) is 0 Å². The lowest BCUT2D eigenvalue weighted by Crippen LogP contribution is -2.39. The maximum Gasteiger partial charge on any atom is 0.175 e. The van der Waals surface area contributed by atoms with Crippen molar-refractivity contribution in [2.45, 2.75) is 19.4 Å². The maximum absolute atomic E-state index is 5.80. The van der Waals surface area contributed by atoms with Gasteiger partial charge in [-0.1, -0.05) is 6.92 Å². The molecule has 0 unspecified atom stereocenters. The van der Waals surface area contributed by atoms with Crippen LogP contribution in [0, 0.1) is 9.49 Å². The minimum Gasteiger partial charge on any atom is -0.486 e. The van der Waals surface area contributed by atoms with Crippen LogP contribution in [0.1, 0.15) is 13.3 Å². The Morgan fingerprint density at radius 3 is 3.33 bits per heavy atom. The zero-order valence-electron chi connectivity index (χ0n) is 8.61. The summed E-state index contributed by atoms with van der Waals surface area (Å²) in [5, 5.41) is 0. The van der Waals surface area contributed by atoms with Crippen molar-refractivity contribution in [1.82, 2.24) is 4.98 Å². The van der Waals surface area contributed by atoms with Gasteiger partial charge in [-0.25, -0.2) is 4.98 Å². The summed E-state index contributed by atoms with van der Waals surface area (Å²) in [6.45, 7) is 4.24. The maximum atomic E-state index is 5.80. The Balaban J connectivity index is 2.05. The van der Waals surface area contributed by atoms with E-state index in [1.165, 1.54) is 6.42 Å². The second kappa shape index (κ2) is 3.50. The van der Waals surface area contributed by atoms with Crippen LogP contribution in [0.2, 0.25) is 0 Å². The van der Waals surface area contributed by atoms with E-state index in [0.717, 1.165) is 34.2 Å². The van der Waals surface area contributed by atoms with Crippen LogP contribution in [-0.2, 0) is 0 Å². The first-order chi connectivity index (χ1) is 7.25. The molecule has 0 aromatic carbocycles. The predicted octanol–water partition coefficient (Wildman–Crippen LogP) is 2.29. The number of ether oxygens (including phenoxy) is 1. The topological polar surface area (TPSA) is 25.4 Å². The van der Waals surface area contributed by atoms with Crippen LogP contribution in [-0.4, -0.2) is 24.2 Å². The van der Waals surface area contributed by atoms with Crippen molar-refractivity contribution in [3.8, 4) is 5.75 Å². The van der Waals surface area contributed by atoms with E-state index in [1.54, 1.807) is 0 Å². The minimum atomic E-state index is 0.540.